The van der Waals surface area contributed by atoms with E-state index in [1.807, 2.05) is 20.8 Å². The molecule has 1 amide bonds. The van der Waals surface area contributed by atoms with E-state index in [0.717, 1.165) is 12.1 Å². The molecule has 0 atom stereocenters. The first kappa shape index (κ1) is 24.1. The number of hydrogen-bond donors (Lipinski definition) is 1. The zero-order valence-electron chi connectivity index (χ0n) is 18.0. The standard InChI is InChI=1S/C22H21F5N4O2/c1-20(2,3)12-18(32)29-15-6-4-14(5-7-15)19-28-13-31(30-19)16-8-10-17(11-9-16)33-22(26,27)21(23,24)25/h4-11,13H,12H2,1-3H3,(H,29,32). The summed E-state index contributed by atoms with van der Waals surface area (Å²) in [4.78, 5) is 16.2. The van der Waals surface area contributed by atoms with Gasteiger partial charge in [-0.1, -0.05) is 20.8 Å². The van der Waals surface area contributed by atoms with Crippen LogP contribution in [0, 0.1) is 5.41 Å². The average molecular weight is 468 g/mol. The van der Waals surface area contributed by atoms with Crippen LogP contribution in [0.1, 0.15) is 27.2 Å². The van der Waals surface area contributed by atoms with Gasteiger partial charge in [-0.15, -0.1) is 5.10 Å². The number of carbonyl (C=O) groups excluding carboxylic acids is 1. The maximum atomic E-state index is 13.0. The average Bonchev–Trinajstić information content (AvgIpc) is 3.16. The molecular formula is C22H21F5N4O2. The molecule has 1 heterocycles. The van der Waals surface area contributed by atoms with Crippen molar-refractivity contribution in [2.24, 2.45) is 5.41 Å². The van der Waals surface area contributed by atoms with E-state index >= 15 is 0 Å². The Morgan fingerprint density at radius 2 is 1.58 bits per heavy atom. The van der Waals surface area contributed by atoms with Crippen molar-refractivity contribution in [3.8, 4) is 22.8 Å². The molecule has 0 saturated carbocycles. The summed E-state index contributed by atoms with van der Waals surface area (Å²) in [5.74, 6) is -0.393. The first-order valence-corrected chi connectivity index (χ1v) is 9.79. The number of anilines is 1. The number of alkyl halides is 5. The van der Waals surface area contributed by atoms with Crippen LogP contribution < -0.4 is 10.1 Å². The topological polar surface area (TPSA) is 69.0 Å². The van der Waals surface area contributed by atoms with Crippen LogP contribution in [0.3, 0.4) is 0 Å². The Morgan fingerprint density at radius 3 is 2.12 bits per heavy atom. The monoisotopic (exact) mass is 468 g/mol. The van der Waals surface area contributed by atoms with E-state index in [2.05, 4.69) is 20.1 Å². The summed E-state index contributed by atoms with van der Waals surface area (Å²) < 4.78 is 67.9. The number of nitrogens with one attached hydrogen (secondary N) is 1. The molecule has 0 saturated heterocycles. The minimum Gasteiger partial charge on any atom is -0.426 e. The van der Waals surface area contributed by atoms with Crippen molar-refractivity contribution in [3.63, 3.8) is 0 Å². The molecule has 0 aliphatic heterocycles. The molecule has 0 bridgehead atoms. The lowest BCUT2D eigenvalue weighted by Crippen LogP contribution is -2.41. The summed E-state index contributed by atoms with van der Waals surface area (Å²) in [6.45, 7) is 5.90. The van der Waals surface area contributed by atoms with Crippen LogP contribution in [0.25, 0.3) is 17.1 Å². The van der Waals surface area contributed by atoms with Crippen molar-refractivity contribution in [3.05, 3.63) is 54.9 Å². The zero-order chi connectivity index (χ0) is 24.4. The van der Waals surface area contributed by atoms with Gasteiger partial charge in [0.05, 0.1) is 5.69 Å². The first-order valence-electron chi connectivity index (χ1n) is 9.79. The minimum atomic E-state index is -5.82. The highest BCUT2D eigenvalue weighted by Crippen LogP contribution is 2.37. The third-order valence-electron chi connectivity index (χ3n) is 4.29. The SMILES string of the molecule is CC(C)(C)CC(=O)Nc1ccc(-c2ncn(-c3ccc(OC(F)(F)C(F)(F)F)cc3)n2)cc1. The van der Waals surface area contributed by atoms with Crippen LogP contribution in [0.4, 0.5) is 27.6 Å². The third kappa shape index (κ3) is 6.27. The second kappa shape index (κ2) is 8.80. The van der Waals surface area contributed by atoms with Gasteiger partial charge in [-0.2, -0.15) is 22.0 Å². The molecule has 0 spiro atoms. The molecule has 0 aliphatic carbocycles. The lowest BCUT2D eigenvalue weighted by Gasteiger charge is -2.20. The maximum Gasteiger partial charge on any atom is 0.499 e. The van der Waals surface area contributed by atoms with E-state index in [9.17, 15) is 26.7 Å². The molecule has 11 heteroatoms. The quantitative estimate of drug-likeness (QED) is 0.462. The number of benzene rings is 2. The Balaban J connectivity index is 1.68. The lowest BCUT2D eigenvalue weighted by molar-refractivity contribution is -0.360. The van der Waals surface area contributed by atoms with Crippen LogP contribution >= 0.6 is 0 Å². The normalized spacial score (nSPS) is 12.5. The molecule has 6 nitrogen and oxygen atoms in total. The van der Waals surface area contributed by atoms with E-state index in [-0.39, 0.29) is 11.3 Å². The summed E-state index contributed by atoms with van der Waals surface area (Å²) in [5.41, 5.74) is 1.53. The van der Waals surface area contributed by atoms with E-state index in [1.165, 1.54) is 23.1 Å². The fourth-order valence-corrected chi connectivity index (χ4v) is 2.78. The van der Waals surface area contributed by atoms with E-state index in [4.69, 9.17) is 0 Å². The number of aromatic nitrogens is 3. The minimum absolute atomic E-state index is 0.0990. The lowest BCUT2D eigenvalue weighted by atomic mass is 9.92. The second-order valence-electron chi connectivity index (χ2n) is 8.49. The molecule has 2 aromatic carbocycles. The number of carbonyl (C=O) groups is 1. The number of halogens is 5. The largest absolute Gasteiger partial charge is 0.499 e. The van der Waals surface area contributed by atoms with Gasteiger partial charge in [0, 0.05) is 17.7 Å². The summed E-state index contributed by atoms with van der Waals surface area (Å²) >= 11 is 0. The highest BCUT2D eigenvalue weighted by molar-refractivity contribution is 5.91. The molecule has 33 heavy (non-hydrogen) atoms. The van der Waals surface area contributed by atoms with Gasteiger partial charge in [0.15, 0.2) is 5.82 Å². The van der Waals surface area contributed by atoms with Crippen LogP contribution in [-0.2, 0) is 4.79 Å². The van der Waals surface area contributed by atoms with Gasteiger partial charge in [-0.05, 0) is 53.9 Å². The molecule has 0 aliphatic rings. The van der Waals surface area contributed by atoms with Crippen molar-refractivity contribution in [1.29, 1.82) is 0 Å². The Hall–Kier alpha value is -3.50. The van der Waals surface area contributed by atoms with Gasteiger partial charge in [-0.3, -0.25) is 4.79 Å². The molecule has 0 fully saturated rings. The van der Waals surface area contributed by atoms with E-state index in [1.54, 1.807) is 24.3 Å². The maximum absolute atomic E-state index is 13.0. The molecule has 0 radical (unpaired) electrons. The predicted octanol–water partition coefficient (Wildman–Crippen LogP) is 5.84. The molecule has 1 N–H and O–H groups in total. The van der Waals surface area contributed by atoms with Crippen molar-refractivity contribution < 1.29 is 31.5 Å². The number of ether oxygens (including phenoxy) is 1. The van der Waals surface area contributed by atoms with E-state index < -0.39 is 18.0 Å². The van der Waals surface area contributed by atoms with Crippen molar-refractivity contribution in [2.75, 3.05) is 5.32 Å². The summed E-state index contributed by atoms with van der Waals surface area (Å²) in [6.07, 6.45) is -9.38. The number of amides is 1. The molecule has 0 unspecified atom stereocenters. The summed E-state index contributed by atoms with van der Waals surface area (Å²) in [7, 11) is 0. The highest BCUT2D eigenvalue weighted by Gasteiger charge is 2.61. The zero-order valence-corrected chi connectivity index (χ0v) is 18.0. The highest BCUT2D eigenvalue weighted by atomic mass is 19.4. The Labute approximate surface area is 186 Å². The predicted molar refractivity (Wildman–Crippen MR) is 111 cm³/mol. The second-order valence-corrected chi connectivity index (χ2v) is 8.49. The van der Waals surface area contributed by atoms with Crippen molar-refractivity contribution in [1.82, 2.24) is 14.8 Å². The fraction of sp³-hybridized carbons (Fsp3) is 0.318. The molecule has 3 aromatic rings. The van der Waals surface area contributed by atoms with Crippen molar-refractivity contribution in [2.45, 2.75) is 39.5 Å². The van der Waals surface area contributed by atoms with Crippen LogP contribution in [0.2, 0.25) is 0 Å². The first-order chi connectivity index (χ1) is 15.2. The van der Waals surface area contributed by atoms with Gasteiger partial charge >= 0.3 is 12.3 Å². The van der Waals surface area contributed by atoms with Gasteiger partial charge in [0.1, 0.15) is 12.1 Å². The molecule has 3 rings (SSSR count). The van der Waals surface area contributed by atoms with Crippen LogP contribution in [-0.4, -0.2) is 33.0 Å². The van der Waals surface area contributed by atoms with Crippen molar-refractivity contribution >= 4 is 11.6 Å². The third-order valence-corrected chi connectivity index (χ3v) is 4.29. The number of rotatable bonds is 6. The molecule has 1 aromatic heterocycles. The van der Waals surface area contributed by atoms with Gasteiger partial charge < -0.3 is 10.1 Å². The smallest absolute Gasteiger partial charge is 0.426 e. The molecular weight excluding hydrogens is 447 g/mol. The van der Waals surface area contributed by atoms with Gasteiger partial charge in [0.25, 0.3) is 0 Å². The number of nitrogens with zero attached hydrogens (tertiary/aromatic N) is 3. The summed E-state index contributed by atoms with van der Waals surface area (Å²) in [6, 6.07) is 11.4. The Morgan fingerprint density at radius 1 is 0.970 bits per heavy atom. The molecule has 176 valence electrons. The Kier molecular flexibility index (Phi) is 6.44. The van der Waals surface area contributed by atoms with Gasteiger partial charge in [-0.25, -0.2) is 9.67 Å². The van der Waals surface area contributed by atoms with E-state index in [0.29, 0.717) is 29.2 Å². The summed E-state index contributed by atoms with van der Waals surface area (Å²) in [5, 5.41) is 7.10. The number of hydrogen-bond acceptors (Lipinski definition) is 4. The van der Waals surface area contributed by atoms with Crippen LogP contribution in [0.15, 0.2) is 54.9 Å². The fourth-order valence-electron chi connectivity index (χ4n) is 2.78. The Bertz CT molecular complexity index is 1100. The van der Waals surface area contributed by atoms with Crippen LogP contribution in [0.5, 0.6) is 5.75 Å². The van der Waals surface area contributed by atoms with Gasteiger partial charge in [0.2, 0.25) is 5.91 Å².